The molecule has 2 aromatic rings. The van der Waals surface area contributed by atoms with Crippen LogP contribution in [-0.2, 0) is 27.7 Å². The van der Waals surface area contributed by atoms with Crippen molar-refractivity contribution in [3.8, 4) is 0 Å². The van der Waals surface area contributed by atoms with Crippen LogP contribution in [0.3, 0.4) is 0 Å². The molecule has 1 aliphatic heterocycles. The Balaban J connectivity index is 1.38. The topological polar surface area (TPSA) is 95.6 Å². The summed E-state index contributed by atoms with van der Waals surface area (Å²) < 4.78 is 26.7. The van der Waals surface area contributed by atoms with Gasteiger partial charge in [-0.05, 0) is 67.7 Å². The summed E-state index contributed by atoms with van der Waals surface area (Å²) >= 11 is 1.54. The number of hydrogen-bond donors (Lipinski definition) is 2. The average Bonchev–Trinajstić information content (AvgIpc) is 3.15. The van der Waals surface area contributed by atoms with Gasteiger partial charge in [0.05, 0.1) is 15.8 Å². The average molecular weight is 446 g/mol. The zero-order chi connectivity index (χ0) is 21.3. The number of carbonyl (C=O) groups is 2. The maximum absolute atomic E-state index is 12.7. The minimum absolute atomic E-state index is 0.153. The second-order valence-corrected chi connectivity index (χ2v) is 10.6. The molecule has 30 heavy (non-hydrogen) atoms. The molecule has 2 heterocycles. The smallest absolute Gasteiger partial charge is 0.265 e. The van der Waals surface area contributed by atoms with E-state index in [4.69, 9.17) is 0 Å². The van der Waals surface area contributed by atoms with Crippen LogP contribution in [-0.4, -0.2) is 43.7 Å². The highest BCUT2D eigenvalue weighted by molar-refractivity contribution is 7.89. The lowest BCUT2D eigenvalue weighted by atomic mass is 9.99. The molecule has 1 saturated heterocycles. The van der Waals surface area contributed by atoms with E-state index in [9.17, 15) is 18.0 Å². The predicted octanol–water partition coefficient (Wildman–Crippen LogP) is 2.55. The zero-order valence-corrected chi connectivity index (χ0v) is 18.0. The number of sulfonamides is 1. The summed E-state index contributed by atoms with van der Waals surface area (Å²) in [5.41, 5.74) is 1.82. The number of nitrogens with zero attached hydrogens (tertiary/aromatic N) is 1. The van der Waals surface area contributed by atoms with Crippen LogP contribution in [0.15, 0.2) is 47.9 Å². The SMILES string of the molecule is C=CC(=O)NC1CN(S(=O)(=O)c2ccc(NC(=O)c3cc4c(s3)CCCC4)cc2)C1. The molecule has 0 unspecified atom stereocenters. The molecule has 4 rings (SSSR count). The fourth-order valence-electron chi connectivity index (χ4n) is 3.64. The molecule has 1 aliphatic carbocycles. The number of fused-ring (bicyclic) bond motifs is 1. The number of nitrogens with one attached hydrogen (secondary N) is 2. The molecule has 0 radical (unpaired) electrons. The van der Waals surface area contributed by atoms with E-state index in [2.05, 4.69) is 17.2 Å². The van der Waals surface area contributed by atoms with E-state index < -0.39 is 10.0 Å². The Kier molecular flexibility index (Phi) is 5.77. The first kappa shape index (κ1) is 20.8. The monoisotopic (exact) mass is 445 g/mol. The van der Waals surface area contributed by atoms with E-state index in [-0.39, 0.29) is 35.8 Å². The Hall–Kier alpha value is -2.49. The quantitative estimate of drug-likeness (QED) is 0.668. The fraction of sp³-hybridized carbons (Fsp3) is 0.333. The number of aryl methyl sites for hydroxylation is 2. The number of thiophene rings is 1. The summed E-state index contributed by atoms with van der Waals surface area (Å²) in [6, 6.07) is 7.92. The molecule has 1 aromatic carbocycles. The zero-order valence-electron chi connectivity index (χ0n) is 16.4. The van der Waals surface area contributed by atoms with Gasteiger partial charge in [-0.2, -0.15) is 4.31 Å². The molecule has 2 N–H and O–H groups in total. The standard InChI is InChI=1S/C21H23N3O4S2/c1-2-20(25)22-16-12-24(13-16)30(27,28)17-9-7-15(8-10-17)23-21(26)19-11-14-5-3-4-6-18(14)29-19/h2,7-11,16H,1,3-6,12-13H2,(H,22,25)(H,23,26). The molecular weight excluding hydrogens is 422 g/mol. The fourth-order valence-corrected chi connectivity index (χ4v) is 6.32. The predicted molar refractivity (Wildman–Crippen MR) is 116 cm³/mol. The highest BCUT2D eigenvalue weighted by Gasteiger charge is 2.37. The van der Waals surface area contributed by atoms with Crippen molar-refractivity contribution in [1.82, 2.24) is 9.62 Å². The van der Waals surface area contributed by atoms with E-state index in [0.717, 1.165) is 18.9 Å². The summed E-state index contributed by atoms with van der Waals surface area (Å²) in [7, 11) is -3.63. The first-order valence-electron chi connectivity index (χ1n) is 9.83. The molecular formula is C21H23N3O4S2. The Bertz CT molecular complexity index is 1060. The van der Waals surface area contributed by atoms with Gasteiger partial charge in [0.25, 0.3) is 5.91 Å². The number of carbonyl (C=O) groups excluding carboxylic acids is 2. The molecule has 7 nitrogen and oxygen atoms in total. The molecule has 1 aromatic heterocycles. The maximum atomic E-state index is 12.7. The summed E-state index contributed by atoms with van der Waals surface area (Å²) in [5, 5.41) is 5.52. The Morgan fingerprint density at radius 1 is 1.13 bits per heavy atom. The van der Waals surface area contributed by atoms with Gasteiger partial charge in [0.15, 0.2) is 0 Å². The lowest BCUT2D eigenvalue weighted by Crippen LogP contribution is -2.60. The van der Waals surface area contributed by atoms with E-state index in [0.29, 0.717) is 10.6 Å². The van der Waals surface area contributed by atoms with E-state index >= 15 is 0 Å². The van der Waals surface area contributed by atoms with Crippen molar-refractivity contribution in [2.75, 3.05) is 18.4 Å². The van der Waals surface area contributed by atoms with Crippen LogP contribution >= 0.6 is 11.3 Å². The van der Waals surface area contributed by atoms with Crippen molar-refractivity contribution < 1.29 is 18.0 Å². The van der Waals surface area contributed by atoms with Crippen LogP contribution in [0, 0.1) is 0 Å². The number of amides is 2. The van der Waals surface area contributed by atoms with Gasteiger partial charge in [-0.15, -0.1) is 11.3 Å². The van der Waals surface area contributed by atoms with Crippen molar-refractivity contribution in [3.05, 3.63) is 58.3 Å². The van der Waals surface area contributed by atoms with Crippen molar-refractivity contribution in [3.63, 3.8) is 0 Å². The van der Waals surface area contributed by atoms with Crippen molar-refractivity contribution >= 4 is 38.9 Å². The number of benzene rings is 1. The Morgan fingerprint density at radius 3 is 2.50 bits per heavy atom. The normalized spacial score (nSPS) is 16.9. The van der Waals surface area contributed by atoms with Crippen LogP contribution in [0.4, 0.5) is 5.69 Å². The second kappa shape index (κ2) is 8.33. The van der Waals surface area contributed by atoms with Gasteiger partial charge >= 0.3 is 0 Å². The first-order valence-corrected chi connectivity index (χ1v) is 12.1. The summed E-state index contributed by atoms with van der Waals surface area (Å²) in [5.74, 6) is -0.489. The molecule has 9 heteroatoms. The number of rotatable bonds is 6. The molecule has 2 aliphatic rings. The Morgan fingerprint density at radius 2 is 1.83 bits per heavy atom. The van der Waals surface area contributed by atoms with Gasteiger partial charge in [-0.25, -0.2) is 8.42 Å². The van der Waals surface area contributed by atoms with E-state index in [1.54, 1.807) is 12.1 Å². The minimum Gasteiger partial charge on any atom is -0.347 e. The molecule has 1 fully saturated rings. The van der Waals surface area contributed by atoms with Crippen molar-refractivity contribution in [2.24, 2.45) is 0 Å². The highest BCUT2D eigenvalue weighted by atomic mass is 32.2. The summed E-state index contributed by atoms with van der Waals surface area (Å²) in [6.45, 7) is 3.83. The van der Waals surface area contributed by atoms with Crippen LogP contribution in [0.2, 0.25) is 0 Å². The van der Waals surface area contributed by atoms with Crippen LogP contribution < -0.4 is 10.6 Å². The van der Waals surface area contributed by atoms with Gasteiger partial charge in [0.1, 0.15) is 0 Å². The van der Waals surface area contributed by atoms with Crippen molar-refractivity contribution in [2.45, 2.75) is 36.6 Å². The molecule has 0 atom stereocenters. The molecule has 158 valence electrons. The molecule has 2 amide bonds. The molecule has 0 bridgehead atoms. The van der Waals surface area contributed by atoms with E-state index in [1.165, 1.54) is 51.1 Å². The van der Waals surface area contributed by atoms with Gasteiger partial charge in [0.2, 0.25) is 15.9 Å². The summed E-state index contributed by atoms with van der Waals surface area (Å²) in [4.78, 5) is 26.0. The van der Waals surface area contributed by atoms with Gasteiger partial charge < -0.3 is 10.6 Å². The number of hydrogen-bond acceptors (Lipinski definition) is 5. The largest absolute Gasteiger partial charge is 0.347 e. The lowest BCUT2D eigenvalue weighted by molar-refractivity contribution is -0.117. The summed E-state index contributed by atoms with van der Waals surface area (Å²) in [6.07, 6.45) is 5.56. The number of anilines is 1. The van der Waals surface area contributed by atoms with Gasteiger partial charge in [-0.1, -0.05) is 6.58 Å². The van der Waals surface area contributed by atoms with Crippen LogP contribution in [0.1, 0.15) is 33.0 Å². The third-order valence-electron chi connectivity index (χ3n) is 5.35. The third-order valence-corrected chi connectivity index (χ3v) is 8.43. The van der Waals surface area contributed by atoms with Crippen molar-refractivity contribution in [1.29, 1.82) is 0 Å². The third kappa shape index (κ3) is 4.19. The van der Waals surface area contributed by atoms with E-state index in [1.807, 2.05) is 6.07 Å². The minimum atomic E-state index is -3.63. The van der Waals surface area contributed by atoms with Gasteiger partial charge in [0, 0.05) is 23.7 Å². The highest BCUT2D eigenvalue weighted by Crippen LogP contribution is 2.30. The molecule has 0 saturated carbocycles. The van der Waals surface area contributed by atoms with Crippen LogP contribution in [0.25, 0.3) is 0 Å². The van der Waals surface area contributed by atoms with Crippen LogP contribution in [0.5, 0.6) is 0 Å². The maximum Gasteiger partial charge on any atom is 0.265 e. The lowest BCUT2D eigenvalue weighted by Gasteiger charge is -2.38. The first-order chi connectivity index (χ1) is 14.4. The Labute approximate surface area is 179 Å². The molecule has 0 spiro atoms. The van der Waals surface area contributed by atoms with Gasteiger partial charge in [-0.3, -0.25) is 9.59 Å². The second-order valence-electron chi connectivity index (χ2n) is 7.48.